The minimum absolute atomic E-state index is 0.275. The van der Waals surface area contributed by atoms with E-state index in [1.54, 1.807) is 27.2 Å². The van der Waals surface area contributed by atoms with Crippen LogP contribution in [0.1, 0.15) is 22.8 Å². The van der Waals surface area contributed by atoms with Crippen LogP contribution in [0.15, 0.2) is 42.6 Å². The molecule has 0 saturated carbocycles. The fraction of sp³-hybridized carbons (Fsp3) is 0.238. The second kappa shape index (κ2) is 8.47. The number of carbonyl (C=O) groups is 1. The number of nitrogen functional groups attached to an aromatic ring is 1. The molecule has 3 N–H and O–H groups in total. The van der Waals surface area contributed by atoms with Crippen LogP contribution in [0, 0.1) is 0 Å². The Balaban J connectivity index is 2.05. The molecule has 28 heavy (non-hydrogen) atoms. The zero-order valence-electron chi connectivity index (χ0n) is 16.1. The van der Waals surface area contributed by atoms with Crippen molar-refractivity contribution in [1.82, 2.24) is 4.98 Å². The fourth-order valence-corrected chi connectivity index (χ4v) is 3.08. The summed E-state index contributed by atoms with van der Waals surface area (Å²) >= 11 is 0. The topological polar surface area (TPSA) is 95.7 Å². The Labute approximate surface area is 163 Å². The number of hydrogen-bond donors (Lipinski definition) is 2. The summed E-state index contributed by atoms with van der Waals surface area (Å²) in [5.41, 5.74) is 9.06. The third-order valence-corrected chi connectivity index (χ3v) is 4.36. The van der Waals surface area contributed by atoms with Crippen LogP contribution in [0.3, 0.4) is 0 Å². The number of pyridine rings is 1. The van der Waals surface area contributed by atoms with Gasteiger partial charge in [0.15, 0.2) is 11.5 Å². The highest BCUT2D eigenvalue weighted by molar-refractivity contribution is 6.07. The van der Waals surface area contributed by atoms with Crippen LogP contribution in [0.4, 0.5) is 11.4 Å². The van der Waals surface area contributed by atoms with Gasteiger partial charge in [-0.05, 0) is 19.1 Å². The maximum absolute atomic E-state index is 12.5. The van der Waals surface area contributed by atoms with E-state index < -0.39 is 5.97 Å². The number of rotatable bonds is 7. The molecule has 0 aliphatic carbocycles. The van der Waals surface area contributed by atoms with Crippen LogP contribution >= 0.6 is 0 Å². The molecule has 0 atom stereocenters. The molecule has 146 valence electrons. The molecule has 0 aliphatic heterocycles. The fourth-order valence-electron chi connectivity index (χ4n) is 3.08. The lowest BCUT2D eigenvalue weighted by molar-refractivity contribution is 0.0527. The molecule has 7 heteroatoms. The highest BCUT2D eigenvalue weighted by Crippen LogP contribution is 2.33. The molecule has 1 aromatic heterocycles. The maximum atomic E-state index is 12.5. The molecule has 0 aliphatic rings. The molecule has 3 aromatic rings. The van der Waals surface area contributed by atoms with E-state index >= 15 is 0 Å². The van der Waals surface area contributed by atoms with Gasteiger partial charge in [-0.3, -0.25) is 4.98 Å². The molecular formula is C21H23N3O4. The van der Waals surface area contributed by atoms with Crippen molar-refractivity contribution in [3.63, 3.8) is 0 Å². The summed E-state index contributed by atoms with van der Waals surface area (Å²) in [6, 6.07) is 11.1. The predicted octanol–water partition coefficient (Wildman–Crippen LogP) is 3.62. The quantitative estimate of drug-likeness (QED) is 0.477. The number of esters is 1. The number of para-hydroxylation sites is 2. The summed E-state index contributed by atoms with van der Waals surface area (Å²) < 4.78 is 16.0. The monoisotopic (exact) mass is 381 g/mol. The molecule has 0 amide bonds. The Morgan fingerprint density at radius 3 is 2.64 bits per heavy atom. The van der Waals surface area contributed by atoms with Crippen molar-refractivity contribution in [2.45, 2.75) is 13.5 Å². The van der Waals surface area contributed by atoms with E-state index in [1.165, 1.54) is 6.20 Å². The van der Waals surface area contributed by atoms with E-state index in [9.17, 15) is 4.79 Å². The summed E-state index contributed by atoms with van der Waals surface area (Å²) in [6.45, 7) is 2.44. The van der Waals surface area contributed by atoms with Crippen LogP contribution in [0.25, 0.3) is 10.9 Å². The summed E-state index contributed by atoms with van der Waals surface area (Å²) in [7, 11) is 3.18. The maximum Gasteiger partial charge on any atom is 0.341 e. The van der Waals surface area contributed by atoms with Crippen molar-refractivity contribution in [1.29, 1.82) is 0 Å². The Morgan fingerprint density at radius 2 is 1.93 bits per heavy atom. The number of methoxy groups -OCH3 is 2. The first-order chi connectivity index (χ1) is 13.6. The van der Waals surface area contributed by atoms with Gasteiger partial charge < -0.3 is 25.3 Å². The highest BCUT2D eigenvalue weighted by atomic mass is 16.5. The number of anilines is 2. The van der Waals surface area contributed by atoms with Gasteiger partial charge in [0.1, 0.15) is 5.56 Å². The highest BCUT2D eigenvalue weighted by Gasteiger charge is 2.18. The van der Waals surface area contributed by atoms with E-state index in [-0.39, 0.29) is 6.61 Å². The van der Waals surface area contributed by atoms with Crippen LogP contribution in [0.2, 0.25) is 0 Å². The average molecular weight is 381 g/mol. The first-order valence-electron chi connectivity index (χ1n) is 8.88. The zero-order valence-corrected chi connectivity index (χ0v) is 16.1. The summed E-state index contributed by atoms with van der Waals surface area (Å²) in [5, 5.41) is 4.08. The normalized spacial score (nSPS) is 10.5. The van der Waals surface area contributed by atoms with Crippen LogP contribution < -0.4 is 20.5 Å². The van der Waals surface area contributed by atoms with Crippen molar-refractivity contribution in [3.8, 4) is 11.5 Å². The molecule has 1 heterocycles. The van der Waals surface area contributed by atoms with Crippen molar-refractivity contribution < 1.29 is 19.0 Å². The SMILES string of the molecule is CCOC(=O)c1cnc2c(N)cccc2c1NCc1cccc(OC)c1OC. The number of carbonyl (C=O) groups excluding carboxylic acids is 1. The first kappa shape index (κ1) is 19.3. The van der Waals surface area contributed by atoms with Crippen LogP contribution in [-0.4, -0.2) is 31.8 Å². The lowest BCUT2D eigenvalue weighted by atomic mass is 10.1. The van der Waals surface area contributed by atoms with E-state index in [2.05, 4.69) is 10.3 Å². The van der Waals surface area contributed by atoms with Gasteiger partial charge in [-0.15, -0.1) is 0 Å². The molecule has 0 fully saturated rings. The van der Waals surface area contributed by atoms with Crippen molar-refractivity contribution in [2.24, 2.45) is 0 Å². The van der Waals surface area contributed by atoms with E-state index in [1.807, 2.05) is 30.3 Å². The Morgan fingerprint density at radius 1 is 1.14 bits per heavy atom. The Hall–Kier alpha value is -3.48. The van der Waals surface area contributed by atoms with Crippen LogP contribution in [0.5, 0.6) is 11.5 Å². The van der Waals surface area contributed by atoms with Crippen molar-refractivity contribution >= 4 is 28.2 Å². The second-order valence-electron chi connectivity index (χ2n) is 6.02. The van der Waals surface area contributed by atoms with Gasteiger partial charge >= 0.3 is 5.97 Å². The summed E-state index contributed by atoms with van der Waals surface area (Å²) in [4.78, 5) is 16.8. The Bertz CT molecular complexity index is 1000. The molecule has 0 radical (unpaired) electrons. The lowest BCUT2D eigenvalue weighted by Gasteiger charge is -2.17. The molecule has 7 nitrogen and oxygen atoms in total. The van der Waals surface area contributed by atoms with Gasteiger partial charge in [-0.1, -0.05) is 24.3 Å². The average Bonchev–Trinajstić information content (AvgIpc) is 2.71. The number of aromatic nitrogens is 1. The van der Waals surface area contributed by atoms with Gasteiger partial charge in [-0.2, -0.15) is 0 Å². The summed E-state index contributed by atoms with van der Waals surface area (Å²) in [6.07, 6.45) is 1.49. The van der Waals surface area contributed by atoms with E-state index in [4.69, 9.17) is 19.9 Å². The van der Waals surface area contributed by atoms with Gasteiger partial charge in [0.05, 0.1) is 37.7 Å². The third-order valence-electron chi connectivity index (χ3n) is 4.36. The molecular weight excluding hydrogens is 358 g/mol. The van der Waals surface area contributed by atoms with Crippen LogP contribution in [-0.2, 0) is 11.3 Å². The van der Waals surface area contributed by atoms with Crippen molar-refractivity contribution in [3.05, 3.63) is 53.7 Å². The molecule has 2 aromatic carbocycles. The summed E-state index contributed by atoms with van der Waals surface area (Å²) in [5.74, 6) is 0.823. The van der Waals surface area contributed by atoms with Gasteiger partial charge in [0.2, 0.25) is 0 Å². The molecule has 0 bridgehead atoms. The second-order valence-corrected chi connectivity index (χ2v) is 6.02. The third kappa shape index (κ3) is 3.64. The number of nitrogens with two attached hydrogens (primary N) is 1. The molecule has 0 saturated heterocycles. The minimum atomic E-state index is -0.445. The number of hydrogen-bond acceptors (Lipinski definition) is 7. The Kier molecular flexibility index (Phi) is 5.84. The number of fused-ring (bicyclic) bond motifs is 1. The molecule has 0 spiro atoms. The van der Waals surface area contributed by atoms with E-state index in [0.29, 0.717) is 40.5 Å². The molecule has 0 unspecified atom stereocenters. The number of ether oxygens (including phenoxy) is 3. The lowest BCUT2D eigenvalue weighted by Crippen LogP contribution is -2.12. The standard InChI is InChI=1S/C21H23N3O4/c1-4-28-21(25)15-12-24-19-14(8-6-9-16(19)22)18(15)23-11-13-7-5-10-17(26-2)20(13)27-3/h5-10,12H,4,11,22H2,1-3H3,(H,23,24). The first-order valence-corrected chi connectivity index (χ1v) is 8.88. The van der Waals surface area contributed by atoms with E-state index in [0.717, 1.165) is 10.9 Å². The largest absolute Gasteiger partial charge is 0.493 e. The van der Waals surface area contributed by atoms with Crippen molar-refractivity contribution in [2.75, 3.05) is 31.9 Å². The van der Waals surface area contributed by atoms with Gasteiger partial charge in [0.25, 0.3) is 0 Å². The zero-order chi connectivity index (χ0) is 20.1. The smallest absolute Gasteiger partial charge is 0.341 e. The number of nitrogens with zero attached hydrogens (tertiary/aromatic N) is 1. The molecule has 3 rings (SSSR count). The number of benzene rings is 2. The predicted molar refractivity (Wildman–Crippen MR) is 109 cm³/mol. The minimum Gasteiger partial charge on any atom is -0.493 e. The van der Waals surface area contributed by atoms with Gasteiger partial charge in [0, 0.05) is 23.7 Å². The van der Waals surface area contributed by atoms with Gasteiger partial charge in [-0.25, -0.2) is 4.79 Å². The number of nitrogens with one attached hydrogen (secondary N) is 1.